The number of furan rings is 1. The lowest BCUT2D eigenvalue weighted by atomic mass is 10.0. The first kappa shape index (κ1) is 14.2. The second kappa shape index (κ2) is 6.84. The molecule has 0 bridgehead atoms. The van der Waals surface area contributed by atoms with Gasteiger partial charge in [0.25, 0.3) is 0 Å². The number of hydrogen-bond donors (Lipinski definition) is 2. The van der Waals surface area contributed by atoms with Crippen LogP contribution in [0, 0.1) is 5.82 Å². The molecule has 0 radical (unpaired) electrons. The highest BCUT2D eigenvalue weighted by molar-refractivity contribution is 9.10. The molecule has 0 aliphatic heterocycles. The second-order valence-corrected chi connectivity index (χ2v) is 5.29. The Morgan fingerprint density at radius 2 is 2.21 bits per heavy atom. The summed E-state index contributed by atoms with van der Waals surface area (Å²) in [6, 6.07) is 8.96. The number of halogens is 2. The van der Waals surface area contributed by atoms with Crippen LogP contribution in [-0.4, -0.2) is 6.04 Å². The van der Waals surface area contributed by atoms with Gasteiger partial charge in [-0.2, -0.15) is 0 Å². The smallest absolute Gasteiger partial charge is 0.137 e. The van der Waals surface area contributed by atoms with Crippen LogP contribution < -0.4 is 11.3 Å². The number of rotatable bonds is 6. The van der Waals surface area contributed by atoms with E-state index in [1.807, 2.05) is 12.1 Å². The van der Waals surface area contributed by atoms with Gasteiger partial charge >= 0.3 is 0 Å². The zero-order valence-electron chi connectivity index (χ0n) is 10.4. The minimum Gasteiger partial charge on any atom is -0.469 e. The van der Waals surface area contributed by atoms with E-state index in [0.717, 1.165) is 30.6 Å². The summed E-state index contributed by atoms with van der Waals surface area (Å²) < 4.78 is 18.9. The van der Waals surface area contributed by atoms with Crippen molar-refractivity contribution in [3.63, 3.8) is 0 Å². The van der Waals surface area contributed by atoms with Gasteiger partial charge in [-0.15, -0.1) is 0 Å². The Labute approximate surface area is 120 Å². The van der Waals surface area contributed by atoms with Crippen LogP contribution in [0.15, 0.2) is 45.5 Å². The third kappa shape index (κ3) is 4.16. The summed E-state index contributed by atoms with van der Waals surface area (Å²) in [6.07, 6.45) is 4.09. The molecule has 0 saturated heterocycles. The van der Waals surface area contributed by atoms with Crippen molar-refractivity contribution in [2.75, 3.05) is 0 Å². The molecule has 1 aromatic carbocycles. The van der Waals surface area contributed by atoms with Crippen molar-refractivity contribution in [3.8, 4) is 0 Å². The minimum absolute atomic E-state index is 0.127. The lowest BCUT2D eigenvalue weighted by Gasteiger charge is -2.15. The molecule has 0 saturated carbocycles. The van der Waals surface area contributed by atoms with Crippen molar-refractivity contribution in [1.29, 1.82) is 0 Å². The van der Waals surface area contributed by atoms with Crippen LogP contribution >= 0.6 is 15.9 Å². The van der Waals surface area contributed by atoms with E-state index in [1.165, 1.54) is 6.07 Å². The first-order valence-electron chi connectivity index (χ1n) is 6.11. The van der Waals surface area contributed by atoms with Crippen LogP contribution in [0.5, 0.6) is 0 Å². The number of hydrazine groups is 1. The molecular formula is C14H16BrFN2O. The highest BCUT2D eigenvalue weighted by atomic mass is 79.9. The monoisotopic (exact) mass is 326 g/mol. The Bertz CT molecular complexity index is 516. The van der Waals surface area contributed by atoms with Gasteiger partial charge in [-0.05, 0) is 58.6 Å². The summed E-state index contributed by atoms with van der Waals surface area (Å²) in [7, 11) is 0. The van der Waals surface area contributed by atoms with E-state index in [1.54, 1.807) is 18.4 Å². The van der Waals surface area contributed by atoms with E-state index in [2.05, 4.69) is 21.4 Å². The Hall–Kier alpha value is -1.17. The largest absolute Gasteiger partial charge is 0.469 e. The molecule has 2 aromatic rings. The molecule has 3 nitrogen and oxygen atoms in total. The van der Waals surface area contributed by atoms with Crippen molar-refractivity contribution in [3.05, 3.63) is 58.2 Å². The summed E-state index contributed by atoms with van der Waals surface area (Å²) in [5, 5.41) is 0. The van der Waals surface area contributed by atoms with Crippen molar-refractivity contribution < 1.29 is 8.81 Å². The Morgan fingerprint density at radius 3 is 2.84 bits per heavy atom. The fourth-order valence-corrected chi connectivity index (χ4v) is 2.39. The molecule has 1 heterocycles. The first-order valence-corrected chi connectivity index (χ1v) is 6.91. The van der Waals surface area contributed by atoms with E-state index < -0.39 is 0 Å². The van der Waals surface area contributed by atoms with E-state index in [0.29, 0.717) is 4.47 Å². The maximum absolute atomic E-state index is 13.2. The normalized spacial score (nSPS) is 12.6. The Morgan fingerprint density at radius 1 is 1.37 bits per heavy atom. The number of aryl methyl sites for hydroxylation is 1. The zero-order valence-corrected chi connectivity index (χ0v) is 12.0. The molecule has 0 fully saturated rings. The molecule has 19 heavy (non-hydrogen) atoms. The number of nitrogens with one attached hydrogen (secondary N) is 1. The maximum atomic E-state index is 13.2. The van der Waals surface area contributed by atoms with Crippen LogP contribution in [0.3, 0.4) is 0 Å². The zero-order chi connectivity index (χ0) is 13.7. The standard InChI is InChI=1S/C14H16BrFN2O/c15-13-9-10(3-6-14(13)16)8-11(18-17)4-5-12-2-1-7-19-12/h1-3,6-7,9,11,18H,4-5,8,17H2. The second-order valence-electron chi connectivity index (χ2n) is 4.43. The quantitative estimate of drug-likeness (QED) is 0.633. The molecule has 3 N–H and O–H groups in total. The third-order valence-electron chi connectivity index (χ3n) is 3.02. The van der Waals surface area contributed by atoms with Crippen molar-refractivity contribution >= 4 is 15.9 Å². The van der Waals surface area contributed by atoms with Gasteiger partial charge in [0.15, 0.2) is 0 Å². The van der Waals surface area contributed by atoms with E-state index in [4.69, 9.17) is 10.3 Å². The highest BCUT2D eigenvalue weighted by Gasteiger charge is 2.10. The fourth-order valence-electron chi connectivity index (χ4n) is 1.97. The van der Waals surface area contributed by atoms with Crippen LogP contribution in [0.2, 0.25) is 0 Å². The van der Waals surface area contributed by atoms with Crippen LogP contribution in [-0.2, 0) is 12.8 Å². The number of hydrogen-bond acceptors (Lipinski definition) is 3. The molecule has 0 spiro atoms. The van der Waals surface area contributed by atoms with E-state index >= 15 is 0 Å². The molecule has 0 aliphatic rings. The van der Waals surface area contributed by atoms with Gasteiger partial charge in [-0.1, -0.05) is 6.07 Å². The van der Waals surface area contributed by atoms with Crippen molar-refractivity contribution in [2.45, 2.75) is 25.3 Å². The SMILES string of the molecule is NNC(CCc1ccco1)Cc1ccc(F)c(Br)c1. The average Bonchev–Trinajstić information content (AvgIpc) is 2.92. The number of nitrogens with two attached hydrogens (primary N) is 1. The molecule has 1 unspecified atom stereocenters. The summed E-state index contributed by atoms with van der Waals surface area (Å²) in [6.45, 7) is 0. The van der Waals surface area contributed by atoms with Gasteiger partial charge in [0.1, 0.15) is 11.6 Å². The minimum atomic E-state index is -0.253. The third-order valence-corrected chi connectivity index (χ3v) is 3.63. The molecule has 0 amide bonds. The lowest BCUT2D eigenvalue weighted by molar-refractivity contribution is 0.447. The Balaban J connectivity index is 1.92. The molecule has 0 aliphatic carbocycles. The summed E-state index contributed by atoms with van der Waals surface area (Å²) in [5.41, 5.74) is 3.83. The molecule has 1 atom stereocenters. The van der Waals surface area contributed by atoms with E-state index in [-0.39, 0.29) is 11.9 Å². The van der Waals surface area contributed by atoms with Gasteiger partial charge in [0.05, 0.1) is 10.7 Å². The van der Waals surface area contributed by atoms with Gasteiger partial charge < -0.3 is 4.42 Å². The van der Waals surface area contributed by atoms with E-state index in [9.17, 15) is 4.39 Å². The first-order chi connectivity index (χ1) is 9.19. The van der Waals surface area contributed by atoms with Gasteiger partial charge in [-0.3, -0.25) is 11.3 Å². The average molecular weight is 327 g/mol. The topological polar surface area (TPSA) is 51.2 Å². The molecule has 5 heteroatoms. The van der Waals surface area contributed by atoms with Crippen LogP contribution in [0.25, 0.3) is 0 Å². The van der Waals surface area contributed by atoms with Crippen LogP contribution in [0.1, 0.15) is 17.7 Å². The summed E-state index contributed by atoms with van der Waals surface area (Å²) >= 11 is 3.19. The van der Waals surface area contributed by atoms with Gasteiger partial charge in [-0.25, -0.2) is 4.39 Å². The Kier molecular flexibility index (Phi) is 5.13. The maximum Gasteiger partial charge on any atom is 0.137 e. The molecular weight excluding hydrogens is 311 g/mol. The highest BCUT2D eigenvalue weighted by Crippen LogP contribution is 2.18. The fraction of sp³-hybridized carbons (Fsp3) is 0.286. The van der Waals surface area contributed by atoms with Gasteiger partial charge in [0, 0.05) is 12.5 Å². The molecule has 102 valence electrons. The predicted molar refractivity (Wildman–Crippen MR) is 75.9 cm³/mol. The molecule has 2 rings (SSSR count). The van der Waals surface area contributed by atoms with Crippen molar-refractivity contribution in [1.82, 2.24) is 5.43 Å². The predicted octanol–water partition coefficient (Wildman–Crippen LogP) is 3.19. The van der Waals surface area contributed by atoms with Crippen molar-refractivity contribution in [2.24, 2.45) is 5.84 Å². The summed E-state index contributed by atoms with van der Waals surface area (Å²) in [5.74, 6) is 6.25. The number of benzene rings is 1. The van der Waals surface area contributed by atoms with Crippen LogP contribution in [0.4, 0.5) is 4.39 Å². The molecule has 1 aromatic heterocycles. The summed E-state index contributed by atoms with van der Waals surface area (Å²) in [4.78, 5) is 0. The van der Waals surface area contributed by atoms with Gasteiger partial charge in [0.2, 0.25) is 0 Å². The lowest BCUT2D eigenvalue weighted by Crippen LogP contribution is -2.37.